The Morgan fingerprint density at radius 2 is 2.19 bits per heavy atom. The fraction of sp³-hybridized carbons (Fsp3) is 1.00. The fourth-order valence-electron chi connectivity index (χ4n) is 3.49. The van der Waals surface area contributed by atoms with Crippen molar-refractivity contribution in [1.82, 2.24) is 5.32 Å². The second kappa shape index (κ2) is 6.30. The maximum Gasteiger partial charge on any atom is 0.00466 e. The van der Waals surface area contributed by atoms with Gasteiger partial charge in [0.15, 0.2) is 0 Å². The number of hydrogen-bond acceptors (Lipinski definition) is 2. The van der Waals surface area contributed by atoms with Crippen LogP contribution in [-0.4, -0.2) is 24.1 Å². The van der Waals surface area contributed by atoms with Crippen LogP contribution in [0.3, 0.4) is 0 Å². The highest BCUT2D eigenvalue weighted by molar-refractivity contribution is 7.99. The zero-order chi connectivity index (χ0) is 11.4. The smallest absolute Gasteiger partial charge is 0.00466 e. The molecule has 0 amide bonds. The summed E-state index contributed by atoms with van der Waals surface area (Å²) in [6.07, 6.45) is 7.46. The highest BCUT2D eigenvalue weighted by Gasteiger charge is 2.38. The van der Waals surface area contributed by atoms with Crippen LogP contribution in [0.5, 0.6) is 0 Å². The minimum Gasteiger partial charge on any atom is -0.314 e. The van der Waals surface area contributed by atoms with Crippen LogP contribution in [0.4, 0.5) is 0 Å². The van der Waals surface area contributed by atoms with Crippen LogP contribution in [0.2, 0.25) is 0 Å². The van der Waals surface area contributed by atoms with Gasteiger partial charge in [0.05, 0.1) is 0 Å². The van der Waals surface area contributed by atoms with E-state index in [-0.39, 0.29) is 0 Å². The number of nitrogens with one attached hydrogen (secondary N) is 1. The predicted molar refractivity (Wildman–Crippen MR) is 74.0 cm³/mol. The maximum atomic E-state index is 3.75. The summed E-state index contributed by atoms with van der Waals surface area (Å²) in [5.74, 6) is 5.78. The Hall–Kier alpha value is 0.310. The van der Waals surface area contributed by atoms with E-state index in [4.69, 9.17) is 0 Å². The first kappa shape index (κ1) is 12.8. The SMILES string of the molecule is CCSCCC(C)NCC1CC2CCC1C2. The maximum absolute atomic E-state index is 3.75. The highest BCUT2D eigenvalue weighted by atomic mass is 32.2. The summed E-state index contributed by atoms with van der Waals surface area (Å²) in [5, 5.41) is 3.75. The summed E-state index contributed by atoms with van der Waals surface area (Å²) >= 11 is 2.07. The summed E-state index contributed by atoms with van der Waals surface area (Å²) < 4.78 is 0. The number of rotatable bonds is 7. The van der Waals surface area contributed by atoms with Crippen LogP contribution < -0.4 is 5.32 Å². The summed E-state index contributed by atoms with van der Waals surface area (Å²) in [7, 11) is 0. The molecule has 0 aliphatic heterocycles. The minimum atomic E-state index is 0.721. The molecule has 0 heterocycles. The molecule has 4 unspecified atom stereocenters. The van der Waals surface area contributed by atoms with Gasteiger partial charge in [-0.1, -0.05) is 13.3 Å². The molecule has 94 valence electrons. The first-order valence-electron chi connectivity index (χ1n) is 7.10. The molecule has 4 atom stereocenters. The Morgan fingerprint density at radius 1 is 1.31 bits per heavy atom. The van der Waals surface area contributed by atoms with Gasteiger partial charge in [-0.3, -0.25) is 0 Å². The van der Waals surface area contributed by atoms with E-state index in [1.54, 1.807) is 6.42 Å². The number of thioether (sulfide) groups is 1. The third-order valence-electron chi connectivity index (χ3n) is 4.51. The van der Waals surface area contributed by atoms with Crippen molar-refractivity contribution in [2.45, 2.75) is 52.0 Å². The van der Waals surface area contributed by atoms with Crippen LogP contribution in [0.1, 0.15) is 46.0 Å². The Bertz CT molecular complexity index is 207. The van der Waals surface area contributed by atoms with Crippen molar-refractivity contribution >= 4 is 11.8 Å². The van der Waals surface area contributed by atoms with Gasteiger partial charge in [-0.05, 0) is 68.4 Å². The molecule has 0 radical (unpaired) electrons. The van der Waals surface area contributed by atoms with Crippen LogP contribution in [0.25, 0.3) is 0 Å². The molecule has 2 fully saturated rings. The van der Waals surface area contributed by atoms with Gasteiger partial charge < -0.3 is 5.32 Å². The van der Waals surface area contributed by atoms with Crippen molar-refractivity contribution in [3.63, 3.8) is 0 Å². The quantitative estimate of drug-likeness (QED) is 0.684. The van der Waals surface area contributed by atoms with Crippen molar-refractivity contribution in [3.8, 4) is 0 Å². The Morgan fingerprint density at radius 3 is 2.81 bits per heavy atom. The molecule has 0 aromatic rings. The lowest BCUT2D eigenvalue weighted by Crippen LogP contribution is -2.33. The lowest BCUT2D eigenvalue weighted by Gasteiger charge is -2.24. The first-order chi connectivity index (χ1) is 7.79. The average Bonchev–Trinajstić information content (AvgIpc) is 2.88. The topological polar surface area (TPSA) is 12.0 Å². The lowest BCUT2D eigenvalue weighted by molar-refractivity contribution is 0.307. The van der Waals surface area contributed by atoms with Gasteiger partial charge in [0.1, 0.15) is 0 Å². The van der Waals surface area contributed by atoms with E-state index in [9.17, 15) is 0 Å². The van der Waals surface area contributed by atoms with Crippen molar-refractivity contribution < 1.29 is 0 Å². The zero-order valence-corrected chi connectivity index (χ0v) is 11.7. The monoisotopic (exact) mass is 241 g/mol. The second-order valence-corrected chi connectivity index (χ2v) is 7.12. The summed E-state index contributed by atoms with van der Waals surface area (Å²) in [4.78, 5) is 0. The van der Waals surface area contributed by atoms with Gasteiger partial charge >= 0.3 is 0 Å². The normalized spacial score (nSPS) is 34.5. The van der Waals surface area contributed by atoms with E-state index in [2.05, 4.69) is 30.9 Å². The van der Waals surface area contributed by atoms with E-state index in [1.807, 2.05) is 0 Å². The predicted octanol–water partition coefficient (Wildman–Crippen LogP) is 3.54. The number of hydrogen-bond donors (Lipinski definition) is 1. The summed E-state index contributed by atoms with van der Waals surface area (Å²) in [5.41, 5.74) is 0. The Labute approximate surface area is 105 Å². The molecule has 2 aliphatic carbocycles. The second-order valence-electron chi connectivity index (χ2n) is 5.73. The van der Waals surface area contributed by atoms with E-state index in [1.165, 1.54) is 43.7 Å². The molecule has 0 aromatic carbocycles. The molecular weight excluding hydrogens is 214 g/mol. The van der Waals surface area contributed by atoms with Gasteiger partial charge in [-0.25, -0.2) is 0 Å². The van der Waals surface area contributed by atoms with Gasteiger partial charge in [-0.15, -0.1) is 0 Å². The molecule has 2 saturated carbocycles. The van der Waals surface area contributed by atoms with E-state index >= 15 is 0 Å². The first-order valence-corrected chi connectivity index (χ1v) is 8.26. The standard InChI is InChI=1S/C14H27NS/c1-3-16-7-6-11(2)15-10-14-9-12-4-5-13(14)8-12/h11-15H,3-10H2,1-2H3. The molecule has 2 bridgehead atoms. The van der Waals surface area contributed by atoms with E-state index in [0.717, 1.165) is 23.8 Å². The molecule has 16 heavy (non-hydrogen) atoms. The molecule has 0 aromatic heterocycles. The third kappa shape index (κ3) is 3.40. The van der Waals surface area contributed by atoms with Crippen molar-refractivity contribution in [2.75, 3.05) is 18.1 Å². The van der Waals surface area contributed by atoms with E-state index < -0.39 is 0 Å². The molecule has 0 saturated heterocycles. The molecule has 1 N–H and O–H groups in total. The van der Waals surface area contributed by atoms with Crippen molar-refractivity contribution in [3.05, 3.63) is 0 Å². The fourth-order valence-corrected chi connectivity index (χ4v) is 4.29. The molecule has 2 heteroatoms. The van der Waals surface area contributed by atoms with E-state index in [0.29, 0.717) is 0 Å². The number of fused-ring (bicyclic) bond motifs is 2. The van der Waals surface area contributed by atoms with Crippen molar-refractivity contribution in [1.29, 1.82) is 0 Å². The van der Waals surface area contributed by atoms with Gasteiger partial charge in [0, 0.05) is 6.04 Å². The highest BCUT2D eigenvalue weighted by Crippen LogP contribution is 2.47. The minimum absolute atomic E-state index is 0.721. The molecule has 2 aliphatic rings. The molecular formula is C14H27NS. The largest absolute Gasteiger partial charge is 0.314 e. The zero-order valence-electron chi connectivity index (χ0n) is 10.9. The molecule has 2 rings (SSSR count). The Balaban J connectivity index is 1.57. The average molecular weight is 241 g/mol. The molecule has 0 spiro atoms. The van der Waals surface area contributed by atoms with Crippen LogP contribution in [-0.2, 0) is 0 Å². The van der Waals surface area contributed by atoms with Crippen LogP contribution in [0, 0.1) is 17.8 Å². The van der Waals surface area contributed by atoms with Crippen LogP contribution in [0.15, 0.2) is 0 Å². The molecule has 1 nitrogen and oxygen atoms in total. The van der Waals surface area contributed by atoms with Crippen LogP contribution >= 0.6 is 11.8 Å². The third-order valence-corrected chi connectivity index (χ3v) is 5.44. The van der Waals surface area contributed by atoms with Gasteiger partial charge in [0.25, 0.3) is 0 Å². The van der Waals surface area contributed by atoms with Gasteiger partial charge in [-0.2, -0.15) is 11.8 Å². The van der Waals surface area contributed by atoms with Crippen molar-refractivity contribution in [2.24, 2.45) is 17.8 Å². The summed E-state index contributed by atoms with van der Waals surface area (Å²) in [6, 6.07) is 0.721. The van der Waals surface area contributed by atoms with Gasteiger partial charge in [0.2, 0.25) is 0 Å². The lowest BCUT2D eigenvalue weighted by atomic mass is 9.88. The Kier molecular flexibility index (Phi) is 5.02. The summed E-state index contributed by atoms with van der Waals surface area (Å²) in [6.45, 7) is 5.89.